The summed E-state index contributed by atoms with van der Waals surface area (Å²) in [5.41, 5.74) is 4.30. The molecule has 1 atom stereocenters. The van der Waals surface area contributed by atoms with E-state index in [1.807, 2.05) is 44.7 Å². The fourth-order valence-electron chi connectivity index (χ4n) is 5.25. The molecular formula is C30H45N7O3. The van der Waals surface area contributed by atoms with Gasteiger partial charge in [0, 0.05) is 61.3 Å². The van der Waals surface area contributed by atoms with Crippen LogP contribution in [0.2, 0.25) is 0 Å². The van der Waals surface area contributed by atoms with Crippen LogP contribution in [0, 0.1) is 11.3 Å². The number of allylic oxidation sites excluding steroid dienone is 3. The second-order valence-corrected chi connectivity index (χ2v) is 11.2. The third kappa shape index (κ3) is 8.24. The van der Waals surface area contributed by atoms with Gasteiger partial charge in [0.15, 0.2) is 0 Å². The molecule has 2 saturated heterocycles. The summed E-state index contributed by atoms with van der Waals surface area (Å²) in [7, 11) is 0. The molecule has 1 unspecified atom stereocenters. The van der Waals surface area contributed by atoms with Crippen molar-refractivity contribution in [1.29, 1.82) is 5.41 Å². The number of carbonyl (C=O) groups excluding carboxylic acids is 3. The van der Waals surface area contributed by atoms with Gasteiger partial charge in [-0.15, -0.1) is 0 Å². The Morgan fingerprint density at radius 3 is 2.52 bits per heavy atom. The largest absolute Gasteiger partial charge is 0.367 e. The van der Waals surface area contributed by atoms with Crippen molar-refractivity contribution in [3.8, 4) is 0 Å². The number of hydrogen-bond acceptors (Lipinski definition) is 7. The van der Waals surface area contributed by atoms with E-state index in [4.69, 9.17) is 10.4 Å². The van der Waals surface area contributed by atoms with Crippen molar-refractivity contribution in [2.75, 3.05) is 38.0 Å². The van der Waals surface area contributed by atoms with Crippen molar-refractivity contribution < 1.29 is 14.4 Å². The summed E-state index contributed by atoms with van der Waals surface area (Å²) < 4.78 is 0. The maximum Gasteiger partial charge on any atom is 0.252 e. The highest BCUT2D eigenvalue weighted by Crippen LogP contribution is 2.31. The van der Waals surface area contributed by atoms with Crippen LogP contribution in [0.15, 0.2) is 29.0 Å². The first-order valence-electron chi connectivity index (χ1n) is 14.3. The van der Waals surface area contributed by atoms with E-state index in [1.165, 1.54) is 6.21 Å². The number of carbonyl (C=O) groups is 3. The molecule has 2 aliphatic rings. The molecule has 0 bridgehead atoms. The molecule has 10 heteroatoms. The van der Waals surface area contributed by atoms with Crippen LogP contribution in [-0.2, 0) is 9.59 Å². The summed E-state index contributed by atoms with van der Waals surface area (Å²) in [4.78, 5) is 44.0. The number of anilines is 1. The average Bonchev–Trinajstić information content (AvgIpc) is 2.95. The van der Waals surface area contributed by atoms with Crippen LogP contribution < -0.4 is 21.3 Å². The molecule has 2 aliphatic heterocycles. The monoisotopic (exact) mass is 551 g/mol. The van der Waals surface area contributed by atoms with Crippen molar-refractivity contribution in [2.45, 2.75) is 72.3 Å². The Morgan fingerprint density at radius 2 is 1.93 bits per heavy atom. The van der Waals surface area contributed by atoms with Crippen LogP contribution in [0.25, 0.3) is 0 Å². The van der Waals surface area contributed by atoms with Crippen molar-refractivity contribution in [3.05, 3.63) is 45.8 Å². The van der Waals surface area contributed by atoms with Crippen molar-refractivity contribution in [1.82, 2.24) is 25.8 Å². The Balaban J connectivity index is 1.79. The summed E-state index contributed by atoms with van der Waals surface area (Å²) in [6, 6.07) is 1.89. The molecule has 3 amide bonds. The minimum absolute atomic E-state index is 0.0641. The zero-order chi connectivity index (χ0) is 29.2. The number of rotatable bonds is 11. The zero-order valence-corrected chi connectivity index (χ0v) is 24.5. The predicted molar refractivity (Wildman–Crippen MR) is 159 cm³/mol. The van der Waals surface area contributed by atoms with Gasteiger partial charge in [-0.25, -0.2) is 4.98 Å². The van der Waals surface area contributed by atoms with Gasteiger partial charge in [0.1, 0.15) is 5.82 Å². The van der Waals surface area contributed by atoms with Gasteiger partial charge >= 0.3 is 0 Å². The number of nitrogens with zero attached hydrogens (tertiary/aromatic N) is 2. The summed E-state index contributed by atoms with van der Waals surface area (Å²) in [6.07, 6.45) is 7.22. The molecule has 3 rings (SSSR count). The van der Waals surface area contributed by atoms with Gasteiger partial charge in [-0.1, -0.05) is 5.57 Å². The third-order valence-electron chi connectivity index (χ3n) is 7.67. The molecule has 10 nitrogen and oxygen atoms in total. The van der Waals surface area contributed by atoms with Gasteiger partial charge in [0.2, 0.25) is 12.3 Å². The molecule has 1 aromatic heterocycles. The highest BCUT2D eigenvalue weighted by atomic mass is 16.2. The lowest BCUT2D eigenvalue weighted by Gasteiger charge is -2.35. The van der Waals surface area contributed by atoms with E-state index in [-0.39, 0.29) is 29.7 Å². The van der Waals surface area contributed by atoms with E-state index >= 15 is 0 Å². The number of amides is 3. The lowest BCUT2D eigenvalue weighted by molar-refractivity contribution is -0.137. The first-order valence-corrected chi connectivity index (χ1v) is 14.3. The molecule has 3 heterocycles. The molecular weight excluding hydrogens is 506 g/mol. The van der Waals surface area contributed by atoms with Crippen LogP contribution in [0.4, 0.5) is 5.82 Å². The van der Waals surface area contributed by atoms with Gasteiger partial charge in [-0.2, -0.15) is 0 Å². The summed E-state index contributed by atoms with van der Waals surface area (Å²) >= 11 is 0. The number of piperidine rings is 2. The first-order chi connectivity index (χ1) is 19.1. The second kappa shape index (κ2) is 14.7. The van der Waals surface area contributed by atoms with Crippen LogP contribution in [-0.4, -0.2) is 73.1 Å². The second-order valence-electron chi connectivity index (χ2n) is 11.2. The van der Waals surface area contributed by atoms with Crippen molar-refractivity contribution >= 4 is 30.3 Å². The number of nitrogens with one attached hydrogen (secondary N) is 5. The maximum atomic E-state index is 13.4. The maximum absolute atomic E-state index is 13.4. The number of pyridine rings is 1. The number of hydrogen-bond donors (Lipinski definition) is 5. The molecule has 5 N–H and O–H groups in total. The Bertz CT molecular complexity index is 1140. The molecule has 1 aromatic rings. The lowest BCUT2D eigenvalue weighted by atomic mass is 9.90. The van der Waals surface area contributed by atoms with Crippen LogP contribution in [0.3, 0.4) is 0 Å². The molecule has 2 fully saturated rings. The van der Waals surface area contributed by atoms with Crippen molar-refractivity contribution in [2.24, 2.45) is 5.92 Å². The minimum Gasteiger partial charge on any atom is -0.367 e. The zero-order valence-electron chi connectivity index (χ0n) is 24.5. The quantitative estimate of drug-likeness (QED) is 0.162. The molecule has 0 aliphatic carbocycles. The molecule has 0 saturated carbocycles. The van der Waals surface area contributed by atoms with Gasteiger partial charge in [-0.05, 0) is 84.6 Å². The molecule has 0 radical (unpaired) electrons. The third-order valence-corrected chi connectivity index (χ3v) is 7.67. The Labute approximate surface area is 238 Å². The molecule has 218 valence electrons. The van der Waals surface area contributed by atoms with Crippen LogP contribution in [0.1, 0.15) is 87.8 Å². The number of likely N-dealkylation sites (tertiary alicyclic amines) is 1. The van der Waals surface area contributed by atoms with E-state index in [1.54, 1.807) is 6.92 Å². The minimum atomic E-state index is -0.273. The first kappa shape index (κ1) is 31.0. The fourth-order valence-corrected chi connectivity index (χ4v) is 5.25. The Morgan fingerprint density at radius 1 is 1.20 bits per heavy atom. The topological polar surface area (TPSA) is 139 Å². The van der Waals surface area contributed by atoms with Crippen LogP contribution >= 0.6 is 0 Å². The number of aromatic nitrogens is 1. The van der Waals surface area contributed by atoms with Gasteiger partial charge in [0.25, 0.3) is 5.91 Å². The fraction of sp³-hybridized carbons (Fsp3) is 0.567. The SMILES string of the molecule is C/C(=C/C(C)=C(\C)CNC(=O)c1cc(C2CCN(C(=O)C3CCCNC3)CC2)nc(NC(C)C)c1C=N)NC=O. The highest BCUT2D eigenvalue weighted by molar-refractivity contribution is 6.04. The van der Waals surface area contributed by atoms with Gasteiger partial charge in [0.05, 0.1) is 11.5 Å². The van der Waals surface area contributed by atoms with E-state index in [0.29, 0.717) is 43.0 Å². The van der Waals surface area contributed by atoms with E-state index < -0.39 is 0 Å². The smallest absolute Gasteiger partial charge is 0.252 e. The Kier molecular flexibility index (Phi) is 11.4. The summed E-state index contributed by atoms with van der Waals surface area (Å²) in [5.74, 6) is 0.682. The van der Waals surface area contributed by atoms with Crippen LogP contribution in [0.5, 0.6) is 0 Å². The molecule has 0 aromatic carbocycles. The lowest BCUT2D eigenvalue weighted by Crippen LogP contribution is -2.45. The Hall–Kier alpha value is -3.53. The van der Waals surface area contributed by atoms with E-state index in [0.717, 1.165) is 61.3 Å². The highest BCUT2D eigenvalue weighted by Gasteiger charge is 2.31. The molecule has 40 heavy (non-hydrogen) atoms. The predicted octanol–water partition coefficient (Wildman–Crippen LogP) is 3.32. The summed E-state index contributed by atoms with van der Waals surface area (Å²) in [5, 5.41) is 20.3. The van der Waals surface area contributed by atoms with Gasteiger partial charge < -0.3 is 31.6 Å². The van der Waals surface area contributed by atoms with Gasteiger partial charge in [-0.3, -0.25) is 14.4 Å². The molecule has 0 spiro atoms. The van der Waals surface area contributed by atoms with E-state index in [2.05, 4.69) is 21.3 Å². The normalized spacial score (nSPS) is 19.1. The standard InChI is InChI=1S/C30H45N7O3/c1-19(2)35-28-26(15-31)25(29(39)33-16-21(4)20(3)13-22(5)34-18-38)14-27(36-28)23-8-11-37(12-9-23)30(40)24-7-6-10-32-17-24/h13-15,18-19,23-24,31-32H,6-12,16-17H2,1-5H3,(H,33,39)(H,34,38)(H,35,36)/b21-20+,22-13-,31-15?. The summed E-state index contributed by atoms with van der Waals surface area (Å²) in [6.45, 7) is 13.1. The van der Waals surface area contributed by atoms with E-state index in [9.17, 15) is 14.4 Å². The van der Waals surface area contributed by atoms with Crippen molar-refractivity contribution in [3.63, 3.8) is 0 Å². The average molecular weight is 552 g/mol.